The highest BCUT2D eigenvalue weighted by atomic mass is 31.2. The average molecular weight is 351 g/mol. The van der Waals surface area contributed by atoms with Gasteiger partial charge in [0.05, 0.1) is 12.8 Å². The van der Waals surface area contributed by atoms with Crippen molar-refractivity contribution in [1.29, 1.82) is 0 Å². The standard InChI is InChI=1S/C13H19O8P.H3N/c14-6-10(15)12(17)13(18)11(16)7-21-22(19,20)8-9-4-2-1-3-5-9;/h1-6,10-13,15-18H,7-8H2,(H,19,20);1H3. The minimum absolute atomic E-state index is 0. The van der Waals surface area contributed by atoms with E-state index in [0.717, 1.165) is 0 Å². The fourth-order valence-electron chi connectivity index (χ4n) is 1.66. The summed E-state index contributed by atoms with van der Waals surface area (Å²) in [5.74, 6) is 0. The van der Waals surface area contributed by atoms with Crippen molar-refractivity contribution in [3.8, 4) is 0 Å². The maximum atomic E-state index is 11.8. The van der Waals surface area contributed by atoms with Crippen molar-refractivity contribution in [2.45, 2.75) is 30.6 Å². The molecule has 132 valence electrons. The zero-order valence-electron chi connectivity index (χ0n) is 12.3. The molecule has 0 heterocycles. The van der Waals surface area contributed by atoms with Gasteiger partial charge < -0.3 is 40.8 Å². The zero-order chi connectivity index (χ0) is 16.8. The van der Waals surface area contributed by atoms with Gasteiger partial charge in [0.15, 0.2) is 6.29 Å². The van der Waals surface area contributed by atoms with Crippen LogP contribution in [0.4, 0.5) is 0 Å². The second-order valence-electron chi connectivity index (χ2n) is 4.75. The molecule has 0 saturated carbocycles. The molecular weight excluding hydrogens is 329 g/mol. The molecule has 0 aliphatic rings. The van der Waals surface area contributed by atoms with E-state index in [1.807, 2.05) is 0 Å². The van der Waals surface area contributed by atoms with Gasteiger partial charge in [-0.1, -0.05) is 30.3 Å². The van der Waals surface area contributed by atoms with Crippen molar-refractivity contribution in [2.24, 2.45) is 0 Å². The Kier molecular flexibility index (Phi) is 9.37. The number of aldehydes is 1. The second kappa shape index (κ2) is 9.86. The first kappa shape index (κ1) is 21.8. The molecule has 0 spiro atoms. The third kappa shape index (κ3) is 7.30. The van der Waals surface area contributed by atoms with E-state index >= 15 is 0 Å². The largest absolute Gasteiger partial charge is 0.388 e. The number of rotatable bonds is 9. The Morgan fingerprint density at radius 2 is 1.65 bits per heavy atom. The molecule has 1 aromatic rings. The summed E-state index contributed by atoms with van der Waals surface area (Å²) in [4.78, 5) is 19.9. The van der Waals surface area contributed by atoms with Gasteiger partial charge in [-0.25, -0.2) is 0 Å². The SMILES string of the molecule is N.O=CC(O)C(O)C(O)C(O)COP(=O)(O)Cc1ccccc1. The first-order chi connectivity index (χ1) is 10.3. The van der Waals surface area contributed by atoms with Gasteiger partial charge in [0.25, 0.3) is 0 Å². The van der Waals surface area contributed by atoms with Crippen molar-refractivity contribution >= 4 is 13.9 Å². The van der Waals surface area contributed by atoms with E-state index < -0.39 is 38.6 Å². The molecular formula is C13H22NO8P. The molecule has 0 saturated heterocycles. The van der Waals surface area contributed by atoms with E-state index in [2.05, 4.69) is 0 Å². The number of aliphatic hydroxyl groups is 4. The third-order valence-corrected chi connectivity index (χ3v) is 4.22. The monoisotopic (exact) mass is 351 g/mol. The van der Waals surface area contributed by atoms with Gasteiger partial charge in [0.2, 0.25) is 0 Å². The second-order valence-corrected chi connectivity index (χ2v) is 6.60. The summed E-state index contributed by atoms with van der Waals surface area (Å²) in [7, 11) is -4.05. The van der Waals surface area contributed by atoms with E-state index in [-0.39, 0.29) is 18.6 Å². The number of aliphatic hydroxyl groups excluding tert-OH is 4. The number of hydrogen-bond acceptors (Lipinski definition) is 8. The van der Waals surface area contributed by atoms with Gasteiger partial charge in [0.1, 0.15) is 24.4 Å². The van der Waals surface area contributed by atoms with Crippen LogP contribution in [0.25, 0.3) is 0 Å². The summed E-state index contributed by atoms with van der Waals surface area (Å²) in [6.07, 6.45) is -7.75. The lowest BCUT2D eigenvalue weighted by atomic mass is 10.0. The fraction of sp³-hybridized carbons (Fsp3) is 0.462. The maximum Gasteiger partial charge on any atom is 0.332 e. The molecule has 0 aromatic heterocycles. The Bertz CT molecular complexity index is 514. The van der Waals surface area contributed by atoms with Crippen LogP contribution >= 0.6 is 7.60 Å². The van der Waals surface area contributed by atoms with Gasteiger partial charge in [0, 0.05) is 0 Å². The van der Waals surface area contributed by atoms with Crippen molar-refractivity contribution in [3.63, 3.8) is 0 Å². The van der Waals surface area contributed by atoms with Crippen LogP contribution in [0.15, 0.2) is 30.3 Å². The van der Waals surface area contributed by atoms with Gasteiger partial charge in [-0.3, -0.25) is 4.57 Å². The molecule has 0 aliphatic heterocycles. The van der Waals surface area contributed by atoms with Crippen LogP contribution in [0.2, 0.25) is 0 Å². The molecule has 10 heteroatoms. The summed E-state index contributed by atoms with van der Waals surface area (Å²) in [6.45, 7) is -0.746. The lowest BCUT2D eigenvalue weighted by Crippen LogP contribution is -2.46. The van der Waals surface area contributed by atoms with Crippen molar-refractivity contribution in [2.75, 3.05) is 6.61 Å². The molecule has 5 atom stereocenters. The zero-order valence-corrected chi connectivity index (χ0v) is 13.2. The predicted molar refractivity (Wildman–Crippen MR) is 81.0 cm³/mol. The van der Waals surface area contributed by atoms with Crippen LogP contribution in [0.3, 0.4) is 0 Å². The molecule has 5 unspecified atom stereocenters. The quantitative estimate of drug-likeness (QED) is 0.245. The van der Waals surface area contributed by atoms with Crippen LogP contribution in [0.1, 0.15) is 5.56 Å². The number of hydrogen-bond donors (Lipinski definition) is 6. The smallest absolute Gasteiger partial charge is 0.332 e. The average Bonchev–Trinajstić information content (AvgIpc) is 2.51. The Balaban J connectivity index is 0.00000484. The normalized spacial score (nSPS) is 18.8. The summed E-state index contributed by atoms with van der Waals surface area (Å²) in [6, 6.07) is 8.37. The molecule has 1 rings (SSSR count). The van der Waals surface area contributed by atoms with Crippen molar-refractivity contribution in [1.82, 2.24) is 6.15 Å². The molecule has 1 aromatic carbocycles. The van der Waals surface area contributed by atoms with E-state index in [1.165, 1.54) is 0 Å². The molecule has 0 fully saturated rings. The predicted octanol–water partition coefficient (Wildman–Crippen LogP) is -0.807. The number of carbonyl (C=O) groups is 1. The Morgan fingerprint density at radius 3 is 2.17 bits per heavy atom. The van der Waals surface area contributed by atoms with Crippen molar-refractivity contribution < 1.29 is 39.2 Å². The fourth-order valence-corrected chi connectivity index (χ4v) is 2.81. The van der Waals surface area contributed by atoms with E-state index in [0.29, 0.717) is 5.56 Å². The maximum absolute atomic E-state index is 11.8. The van der Waals surface area contributed by atoms with Crippen molar-refractivity contribution in [3.05, 3.63) is 35.9 Å². The van der Waals surface area contributed by atoms with E-state index in [4.69, 9.17) is 9.63 Å². The molecule has 0 bridgehead atoms. The minimum atomic E-state index is -4.05. The third-order valence-electron chi connectivity index (χ3n) is 2.91. The summed E-state index contributed by atoms with van der Waals surface area (Å²) in [5.41, 5.74) is 0.555. The van der Waals surface area contributed by atoms with Crippen LogP contribution in [-0.2, 0) is 20.0 Å². The molecule has 23 heavy (non-hydrogen) atoms. The van der Waals surface area contributed by atoms with Crippen LogP contribution in [-0.4, -0.2) is 62.6 Å². The Morgan fingerprint density at radius 1 is 1.09 bits per heavy atom. The molecule has 0 amide bonds. The highest BCUT2D eigenvalue weighted by molar-refractivity contribution is 7.51. The highest BCUT2D eigenvalue weighted by Crippen LogP contribution is 2.45. The molecule has 8 N–H and O–H groups in total. The Labute approximate surface area is 133 Å². The lowest BCUT2D eigenvalue weighted by Gasteiger charge is -2.24. The van der Waals surface area contributed by atoms with Crippen LogP contribution in [0.5, 0.6) is 0 Å². The van der Waals surface area contributed by atoms with Gasteiger partial charge in [-0.05, 0) is 5.56 Å². The summed E-state index contributed by atoms with van der Waals surface area (Å²) >= 11 is 0. The molecule has 9 nitrogen and oxygen atoms in total. The highest BCUT2D eigenvalue weighted by Gasteiger charge is 2.32. The van der Waals surface area contributed by atoms with Gasteiger partial charge >= 0.3 is 7.60 Å². The molecule has 0 aliphatic carbocycles. The van der Waals surface area contributed by atoms with Gasteiger partial charge in [-0.2, -0.15) is 0 Å². The first-order valence-corrected chi connectivity index (χ1v) is 8.21. The van der Waals surface area contributed by atoms with E-state index in [9.17, 15) is 29.6 Å². The first-order valence-electron chi connectivity index (χ1n) is 6.44. The molecule has 0 radical (unpaired) electrons. The summed E-state index contributed by atoms with van der Waals surface area (Å²) < 4.78 is 16.5. The minimum Gasteiger partial charge on any atom is -0.388 e. The van der Waals surface area contributed by atoms with E-state index in [1.54, 1.807) is 30.3 Å². The topological polar surface area (TPSA) is 180 Å². The Hall–Kier alpha value is -1.16. The van der Waals surface area contributed by atoms with Crippen LogP contribution < -0.4 is 6.15 Å². The van der Waals surface area contributed by atoms with Gasteiger partial charge in [-0.15, -0.1) is 0 Å². The van der Waals surface area contributed by atoms with Crippen LogP contribution in [0, 0.1) is 0 Å². The lowest BCUT2D eigenvalue weighted by molar-refractivity contribution is -0.135. The summed E-state index contributed by atoms with van der Waals surface area (Å²) in [5, 5.41) is 37.4. The number of benzene rings is 1. The number of carbonyl (C=O) groups excluding carboxylic acids is 1.